The fourth-order valence-corrected chi connectivity index (χ4v) is 0.915. The highest BCUT2D eigenvalue weighted by molar-refractivity contribution is 5.90. The lowest BCUT2D eigenvalue weighted by Gasteiger charge is -2.08. The lowest BCUT2D eigenvalue weighted by molar-refractivity contribution is 0.767. The van der Waals surface area contributed by atoms with Crippen molar-refractivity contribution in [3.05, 3.63) is 24.0 Å². The number of aliphatic imine (C=N–C) groups is 2. The molecule has 1 rings (SSSR count). The zero-order valence-electron chi connectivity index (χ0n) is 10.8. The van der Waals surface area contributed by atoms with Gasteiger partial charge in [-0.15, -0.1) is 5.92 Å². The highest BCUT2D eigenvalue weighted by atomic mass is 14.9. The number of nitrogens with zero attached hydrogens (tertiary/aromatic N) is 2. The molecule has 2 heteroatoms. The van der Waals surface area contributed by atoms with Crippen molar-refractivity contribution in [2.24, 2.45) is 15.4 Å². The molecule has 0 saturated carbocycles. The van der Waals surface area contributed by atoms with Crippen molar-refractivity contribution in [1.82, 2.24) is 0 Å². The molecule has 1 aliphatic rings. The van der Waals surface area contributed by atoms with Crippen LogP contribution >= 0.6 is 0 Å². The van der Waals surface area contributed by atoms with Crippen molar-refractivity contribution < 1.29 is 0 Å². The second kappa shape index (κ2) is 6.79. The lowest BCUT2D eigenvalue weighted by Crippen LogP contribution is -2.13. The van der Waals surface area contributed by atoms with Gasteiger partial charge in [0.25, 0.3) is 0 Å². The molecule has 0 saturated heterocycles. The van der Waals surface area contributed by atoms with E-state index in [9.17, 15) is 0 Å². The molecule has 0 aliphatic carbocycles. The molecule has 1 aliphatic heterocycles. The maximum Gasteiger partial charge on any atom is 0.0959 e. The minimum absolute atomic E-state index is 0.113. The van der Waals surface area contributed by atoms with Gasteiger partial charge in [-0.3, -0.25) is 9.98 Å². The van der Waals surface area contributed by atoms with Gasteiger partial charge in [-0.1, -0.05) is 26.3 Å². The van der Waals surface area contributed by atoms with Crippen molar-refractivity contribution in [2.45, 2.75) is 34.6 Å². The standard InChI is InChI=1S/C12H14N2.C2H6/c1-5-6-7-11-10(2)13-8-12(3,4)9-14-11;1-2/h7-9H,2H2,1,3-4H3;1-2H3/b11-7+;. The van der Waals surface area contributed by atoms with E-state index in [1.54, 1.807) is 13.0 Å². The maximum atomic E-state index is 4.30. The van der Waals surface area contributed by atoms with Crippen LogP contribution in [0.5, 0.6) is 0 Å². The smallest absolute Gasteiger partial charge is 0.0959 e. The Morgan fingerprint density at radius 3 is 2.38 bits per heavy atom. The molecule has 0 aromatic heterocycles. The zero-order valence-corrected chi connectivity index (χ0v) is 10.8. The van der Waals surface area contributed by atoms with Crippen LogP contribution in [-0.2, 0) is 0 Å². The van der Waals surface area contributed by atoms with Gasteiger partial charge >= 0.3 is 0 Å². The molecule has 16 heavy (non-hydrogen) atoms. The Balaban J connectivity index is 0.00000106. The van der Waals surface area contributed by atoms with E-state index >= 15 is 0 Å². The summed E-state index contributed by atoms with van der Waals surface area (Å²) >= 11 is 0. The van der Waals surface area contributed by atoms with E-state index in [4.69, 9.17) is 0 Å². The van der Waals surface area contributed by atoms with E-state index < -0.39 is 0 Å². The van der Waals surface area contributed by atoms with Crippen LogP contribution in [0.1, 0.15) is 34.6 Å². The Hall–Kier alpha value is -1.62. The summed E-state index contributed by atoms with van der Waals surface area (Å²) in [6.07, 6.45) is 5.44. The van der Waals surface area contributed by atoms with Gasteiger partial charge in [0.2, 0.25) is 0 Å². The molecule has 1 heterocycles. The van der Waals surface area contributed by atoms with Crippen molar-refractivity contribution >= 4 is 12.4 Å². The summed E-state index contributed by atoms with van der Waals surface area (Å²) in [5.41, 5.74) is 1.29. The van der Waals surface area contributed by atoms with Crippen LogP contribution in [0.25, 0.3) is 0 Å². The molecule has 0 aromatic rings. The van der Waals surface area contributed by atoms with Crippen LogP contribution in [-0.4, -0.2) is 12.4 Å². The molecule has 0 radical (unpaired) electrons. The van der Waals surface area contributed by atoms with Crippen LogP contribution < -0.4 is 0 Å². The minimum atomic E-state index is -0.113. The van der Waals surface area contributed by atoms with E-state index in [-0.39, 0.29) is 5.41 Å². The summed E-state index contributed by atoms with van der Waals surface area (Å²) in [6.45, 7) is 13.7. The van der Waals surface area contributed by atoms with Crippen LogP contribution in [0.2, 0.25) is 0 Å². The summed E-state index contributed by atoms with van der Waals surface area (Å²) < 4.78 is 0. The molecular formula is C14H20N2. The number of hydrogen-bond donors (Lipinski definition) is 0. The van der Waals surface area contributed by atoms with Crippen LogP contribution in [0.3, 0.4) is 0 Å². The number of hydrogen-bond acceptors (Lipinski definition) is 2. The molecule has 0 fully saturated rings. The monoisotopic (exact) mass is 216 g/mol. The van der Waals surface area contributed by atoms with E-state index in [1.807, 2.05) is 40.1 Å². The number of allylic oxidation sites excluding steroid dienone is 1. The maximum absolute atomic E-state index is 4.30. The summed E-state index contributed by atoms with van der Waals surface area (Å²) in [4.78, 5) is 8.53. The van der Waals surface area contributed by atoms with E-state index in [2.05, 4.69) is 28.4 Å². The molecular weight excluding hydrogens is 196 g/mol. The molecule has 0 unspecified atom stereocenters. The molecule has 0 aromatic carbocycles. The van der Waals surface area contributed by atoms with Gasteiger partial charge in [0, 0.05) is 23.9 Å². The highest BCUT2D eigenvalue weighted by Crippen LogP contribution is 2.19. The van der Waals surface area contributed by atoms with Gasteiger partial charge in [-0.25, -0.2) is 0 Å². The molecule has 2 nitrogen and oxygen atoms in total. The van der Waals surface area contributed by atoms with Crippen molar-refractivity contribution in [3.63, 3.8) is 0 Å². The minimum Gasteiger partial charge on any atom is -0.259 e. The van der Waals surface area contributed by atoms with Gasteiger partial charge < -0.3 is 0 Å². The lowest BCUT2D eigenvalue weighted by atomic mass is 9.98. The molecule has 86 valence electrons. The summed E-state index contributed by atoms with van der Waals surface area (Å²) in [6, 6.07) is 0. The Morgan fingerprint density at radius 1 is 1.25 bits per heavy atom. The van der Waals surface area contributed by atoms with Crippen molar-refractivity contribution in [2.75, 3.05) is 0 Å². The fourth-order valence-electron chi connectivity index (χ4n) is 0.915. The molecule has 0 spiro atoms. The first-order chi connectivity index (χ1) is 7.55. The van der Waals surface area contributed by atoms with Crippen molar-refractivity contribution in [1.29, 1.82) is 0 Å². The quantitative estimate of drug-likeness (QED) is 0.553. The van der Waals surface area contributed by atoms with Gasteiger partial charge in [-0.2, -0.15) is 0 Å². The van der Waals surface area contributed by atoms with Crippen molar-refractivity contribution in [3.8, 4) is 11.8 Å². The second-order valence-corrected chi connectivity index (χ2v) is 3.71. The summed E-state index contributed by atoms with van der Waals surface area (Å²) in [7, 11) is 0. The van der Waals surface area contributed by atoms with E-state index in [1.165, 1.54) is 0 Å². The first-order valence-corrected chi connectivity index (χ1v) is 5.47. The highest BCUT2D eigenvalue weighted by Gasteiger charge is 2.15. The summed E-state index contributed by atoms with van der Waals surface area (Å²) in [5.74, 6) is 5.63. The van der Waals surface area contributed by atoms with Crippen LogP contribution in [0.4, 0.5) is 0 Å². The second-order valence-electron chi connectivity index (χ2n) is 3.71. The van der Waals surface area contributed by atoms with E-state index in [0.717, 1.165) is 5.70 Å². The average molecular weight is 216 g/mol. The third kappa shape index (κ3) is 4.75. The molecule has 0 atom stereocenters. The van der Waals surface area contributed by atoms with E-state index in [0.29, 0.717) is 5.70 Å². The summed E-state index contributed by atoms with van der Waals surface area (Å²) in [5, 5.41) is 0. The molecule has 0 N–H and O–H groups in total. The van der Waals surface area contributed by atoms with Gasteiger partial charge in [-0.05, 0) is 20.8 Å². The predicted octanol–water partition coefficient (Wildman–Crippen LogP) is 3.61. The van der Waals surface area contributed by atoms with Crippen LogP contribution in [0.15, 0.2) is 34.0 Å². The van der Waals surface area contributed by atoms with Crippen LogP contribution in [0, 0.1) is 17.3 Å². The molecule has 0 amide bonds. The predicted molar refractivity (Wildman–Crippen MR) is 72.8 cm³/mol. The first kappa shape index (κ1) is 14.4. The molecule has 0 bridgehead atoms. The van der Waals surface area contributed by atoms with Gasteiger partial charge in [0.15, 0.2) is 0 Å². The Morgan fingerprint density at radius 2 is 1.81 bits per heavy atom. The fraction of sp³-hybridized carbons (Fsp3) is 0.429. The zero-order chi connectivity index (χ0) is 12.6. The SMILES string of the molecule is C=C1N=CC(C)(C)C=N/C1=C/C#CC.CC. The number of rotatable bonds is 0. The Kier molecular flexibility index (Phi) is 6.10. The Bertz CT molecular complexity index is 385. The Labute approximate surface area is 98.9 Å². The largest absolute Gasteiger partial charge is 0.259 e. The third-order valence-corrected chi connectivity index (χ3v) is 1.74. The normalized spacial score (nSPS) is 19.3. The topological polar surface area (TPSA) is 24.7 Å². The van der Waals surface area contributed by atoms with Gasteiger partial charge in [0.05, 0.1) is 11.4 Å². The first-order valence-electron chi connectivity index (χ1n) is 5.47. The average Bonchev–Trinajstić information content (AvgIpc) is 2.40. The van der Waals surface area contributed by atoms with Gasteiger partial charge in [0.1, 0.15) is 0 Å². The third-order valence-electron chi connectivity index (χ3n) is 1.74.